The van der Waals surface area contributed by atoms with Gasteiger partial charge in [0, 0.05) is 18.7 Å². The van der Waals surface area contributed by atoms with Gasteiger partial charge in [0.2, 0.25) is 16.1 Å². The number of aromatic nitrogens is 2. The highest BCUT2D eigenvalue weighted by molar-refractivity contribution is 7.91. The van der Waals surface area contributed by atoms with Crippen LogP contribution < -0.4 is 9.88 Å². The van der Waals surface area contributed by atoms with Crippen LogP contribution in [-0.4, -0.2) is 63.6 Å². The molecule has 1 aliphatic heterocycles. The summed E-state index contributed by atoms with van der Waals surface area (Å²) in [5.74, 6) is -2.50. The third kappa shape index (κ3) is 6.66. The number of aliphatic hydroxyl groups is 2. The number of hydrogen-bond donors (Lipinski definition) is 5. The second kappa shape index (κ2) is 11.8. The van der Waals surface area contributed by atoms with Gasteiger partial charge >= 0.3 is 7.82 Å². The van der Waals surface area contributed by atoms with Crippen LogP contribution in [0.5, 0.6) is 0 Å². The minimum Gasteiger partial charge on any atom is -0.387 e. The maximum absolute atomic E-state index is 13.5. The Labute approximate surface area is 242 Å². The molecule has 2 aromatic heterocycles. The summed E-state index contributed by atoms with van der Waals surface area (Å²) < 4.78 is 76.5. The Kier molecular flexibility index (Phi) is 8.48. The zero-order chi connectivity index (χ0) is 31.1. The zero-order valence-corrected chi connectivity index (χ0v) is 23.6. The fourth-order valence-corrected chi connectivity index (χ4v) is 6.22. The number of aliphatic hydroxyl groups excluding tert-OH is 2. The van der Waals surface area contributed by atoms with Crippen molar-refractivity contribution in [3.05, 3.63) is 95.9 Å². The van der Waals surface area contributed by atoms with E-state index in [-0.39, 0.29) is 17.0 Å². The van der Waals surface area contributed by atoms with E-state index in [0.29, 0.717) is 17.3 Å². The lowest BCUT2D eigenvalue weighted by Gasteiger charge is -2.14. The summed E-state index contributed by atoms with van der Waals surface area (Å²) in [6.07, 6.45) is -0.657. The maximum Gasteiger partial charge on any atom is 0.469 e. The van der Waals surface area contributed by atoms with Gasteiger partial charge < -0.3 is 30.1 Å². The van der Waals surface area contributed by atoms with Gasteiger partial charge in [0.15, 0.2) is 0 Å². The molecule has 3 heterocycles. The van der Waals surface area contributed by atoms with Crippen LogP contribution in [0.4, 0.5) is 8.78 Å². The van der Waals surface area contributed by atoms with Crippen molar-refractivity contribution in [3.63, 3.8) is 0 Å². The molecule has 1 amide bonds. The monoisotopic (exact) mass is 640 g/mol. The third-order valence-electron chi connectivity index (χ3n) is 6.72. The number of hydrogen-bond acceptors (Lipinski definition) is 8. The van der Waals surface area contributed by atoms with Crippen LogP contribution in [0.25, 0.3) is 5.65 Å². The molecule has 0 saturated carbocycles. The van der Waals surface area contributed by atoms with E-state index in [4.69, 9.17) is 14.5 Å². The minimum absolute atomic E-state index is 0.0372. The third-order valence-corrected chi connectivity index (χ3v) is 8.96. The van der Waals surface area contributed by atoms with Gasteiger partial charge in [-0.1, -0.05) is 12.1 Å². The van der Waals surface area contributed by atoms with Crippen LogP contribution in [0.2, 0.25) is 0 Å². The smallest absolute Gasteiger partial charge is 0.387 e. The SMILES string of the molecule is O=C(NCc1ccc(S(=O)(=O)c2cc(F)cc(F)c2)cc1)c1ccc2n(cc[n+]2[C@@H]2O[C@H](COP(=O)(O)O)[C@@H](O)[C@H]2O)c1. The van der Waals surface area contributed by atoms with Crippen LogP contribution in [-0.2, 0) is 30.2 Å². The van der Waals surface area contributed by atoms with Crippen LogP contribution in [0, 0.1) is 11.6 Å². The molecule has 13 nitrogen and oxygen atoms in total. The van der Waals surface area contributed by atoms with Crippen molar-refractivity contribution in [2.24, 2.45) is 0 Å². The Morgan fingerprint density at radius 2 is 1.70 bits per heavy atom. The van der Waals surface area contributed by atoms with E-state index in [1.165, 1.54) is 47.3 Å². The number of nitrogens with one attached hydrogen (secondary N) is 1. The summed E-state index contributed by atoms with van der Waals surface area (Å²) in [5.41, 5.74) is 1.27. The Morgan fingerprint density at radius 1 is 1.02 bits per heavy atom. The summed E-state index contributed by atoms with van der Waals surface area (Å²) in [6, 6.07) is 10.5. The number of phosphoric acid groups is 1. The number of ether oxygens (including phenoxy) is 1. The number of sulfone groups is 1. The van der Waals surface area contributed by atoms with Crippen LogP contribution >= 0.6 is 7.82 Å². The first-order chi connectivity index (χ1) is 20.2. The van der Waals surface area contributed by atoms with E-state index in [0.717, 1.165) is 12.1 Å². The van der Waals surface area contributed by atoms with Crippen LogP contribution in [0.1, 0.15) is 22.1 Å². The molecule has 5 N–H and O–H groups in total. The molecule has 0 radical (unpaired) electrons. The molecule has 228 valence electrons. The number of phosphoric ester groups is 1. The van der Waals surface area contributed by atoms with E-state index in [1.54, 1.807) is 16.7 Å². The van der Waals surface area contributed by atoms with Gasteiger partial charge in [-0.15, -0.1) is 0 Å². The fourth-order valence-electron chi connectivity index (χ4n) is 4.58. The molecule has 1 aliphatic rings. The molecule has 0 aliphatic carbocycles. The summed E-state index contributed by atoms with van der Waals surface area (Å²) in [4.78, 5) is 29.9. The van der Waals surface area contributed by atoms with Gasteiger partial charge in [0.05, 0.1) is 22.0 Å². The number of halogens is 2. The first kappa shape index (κ1) is 30.8. The normalized spacial score (nSPS) is 20.9. The molecule has 43 heavy (non-hydrogen) atoms. The van der Waals surface area contributed by atoms with E-state index in [2.05, 4.69) is 9.84 Å². The second-order valence-electron chi connectivity index (χ2n) is 9.66. The number of carbonyl (C=O) groups is 1. The van der Waals surface area contributed by atoms with Gasteiger partial charge in [-0.05, 0) is 35.9 Å². The first-order valence-corrected chi connectivity index (χ1v) is 15.6. The number of imidazole rings is 1. The topological polar surface area (TPSA) is 188 Å². The van der Waals surface area contributed by atoms with Gasteiger partial charge in [0.25, 0.3) is 11.6 Å². The van der Waals surface area contributed by atoms with Crippen molar-refractivity contribution in [1.29, 1.82) is 0 Å². The number of pyridine rings is 1. The predicted molar refractivity (Wildman–Crippen MR) is 141 cm³/mol. The van der Waals surface area contributed by atoms with Gasteiger partial charge in [-0.3, -0.25) is 9.32 Å². The Morgan fingerprint density at radius 3 is 2.35 bits per heavy atom. The highest BCUT2D eigenvalue weighted by Gasteiger charge is 2.47. The van der Waals surface area contributed by atoms with Crippen molar-refractivity contribution in [2.75, 3.05) is 6.61 Å². The van der Waals surface area contributed by atoms with Crippen molar-refractivity contribution in [1.82, 2.24) is 9.72 Å². The van der Waals surface area contributed by atoms with Gasteiger partial charge in [-0.25, -0.2) is 30.7 Å². The quantitative estimate of drug-likeness (QED) is 0.130. The first-order valence-electron chi connectivity index (χ1n) is 12.5. The van der Waals surface area contributed by atoms with Crippen molar-refractivity contribution < 1.29 is 60.4 Å². The van der Waals surface area contributed by atoms with Crippen molar-refractivity contribution >= 4 is 29.2 Å². The number of rotatable bonds is 9. The van der Waals surface area contributed by atoms with Crippen molar-refractivity contribution in [2.45, 2.75) is 40.9 Å². The van der Waals surface area contributed by atoms with E-state index < -0.39 is 71.2 Å². The Bertz CT molecular complexity index is 1810. The molecule has 4 atom stereocenters. The van der Waals surface area contributed by atoms with Crippen molar-refractivity contribution in [3.8, 4) is 0 Å². The second-order valence-corrected chi connectivity index (χ2v) is 12.8. The highest BCUT2D eigenvalue weighted by Crippen LogP contribution is 2.37. The van der Waals surface area contributed by atoms with E-state index in [1.807, 2.05) is 0 Å². The largest absolute Gasteiger partial charge is 0.469 e. The summed E-state index contributed by atoms with van der Waals surface area (Å²) in [6.45, 7) is -0.614. The number of carbonyl (C=O) groups excluding carboxylic acids is 1. The highest BCUT2D eigenvalue weighted by atomic mass is 32.2. The van der Waals surface area contributed by atoms with Gasteiger partial charge in [0.1, 0.15) is 48.5 Å². The molecule has 4 aromatic rings. The lowest BCUT2D eigenvalue weighted by Crippen LogP contribution is -2.45. The van der Waals surface area contributed by atoms with Crippen LogP contribution in [0.15, 0.2) is 83.0 Å². The number of fused-ring (bicyclic) bond motifs is 1. The zero-order valence-electron chi connectivity index (χ0n) is 21.9. The molecule has 2 aromatic carbocycles. The predicted octanol–water partition coefficient (Wildman–Crippen LogP) is 0.996. The molecule has 17 heteroatoms. The fraction of sp³-hybridized carbons (Fsp3) is 0.231. The molecular weight excluding hydrogens is 615 g/mol. The van der Waals surface area contributed by atoms with E-state index in [9.17, 15) is 36.8 Å². The summed E-state index contributed by atoms with van der Waals surface area (Å²) >= 11 is 0. The average Bonchev–Trinajstić information content (AvgIpc) is 3.49. The summed E-state index contributed by atoms with van der Waals surface area (Å²) in [7, 11) is -8.98. The van der Waals surface area contributed by atoms with Gasteiger partial charge in [-0.2, -0.15) is 0 Å². The van der Waals surface area contributed by atoms with Crippen LogP contribution in [0.3, 0.4) is 0 Å². The maximum atomic E-state index is 13.5. The molecule has 0 unspecified atom stereocenters. The lowest BCUT2D eigenvalue weighted by atomic mass is 10.1. The molecule has 0 bridgehead atoms. The molecule has 1 saturated heterocycles. The average molecular weight is 641 g/mol. The number of amides is 1. The summed E-state index contributed by atoms with van der Waals surface area (Å²) in [5, 5.41) is 23.4. The molecule has 5 rings (SSSR count). The Hall–Kier alpha value is -3.60. The molecular formula is C26H25F2N3O10PS+. The molecule has 1 fully saturated rings. The van der Waals surface area contributed by atoms with E-state index >= 15 is 0 Å². The number of benzene rings is 2. The Balaban J connectivity index is 1.24. The number of nitrogens with zero attached hydrogens (tertiary/aromatic N) is 2. The standard InChI is InChI=1S/C26H24F2N3O10PS/c27-17-9-18(28)11-20(10-17)43(38,39)19-4-1-15(2-5-19)12-29-25(34)16-3-6-22-30(13-16)7-8-31(22)26-24(33)23(32)21(41-26)14-40-42(35,36)37/h1-11,13,21,23-24,26,32-33H,12,14H2,(H2-,29,34,35,36,37)/p+1/t21-,23-,24-,26-/m1/s1. The lowest BCUT2D eigenvalue weighted by molar-refractivity contribution is -0.743. The molecule has 0 spiro atoms. The minimum atomic E-state index is -4.82.